The average Bonchev–Trinajstić information content (AvgIpc) is 3.28. The molecule has 2 aromatic carbocycles. The SMILES string of the molecule is O=C(COc1ccc(-n2cnnn2)cc1)N1CCN(c2ccccc2F)CC1. The molecular weight excluding hydrogens is 363 g/mol. The van der Waals surface area contributed by atoms with Crippen LogP contribution in [0, 0.1) is 5.82 Å². The maximum absolute atomic E-state index is 13.9. The Kier molecular flexibility index (Phi) is 5.14. The summed E-state index contributed by atoms with van der Waals surface area (Å²) >= 11 is 0. The lowest BCUT2D eigenvalue weighted by Crippen LogP contribution is -2.50. The number of amides is 1. The van der Waals surface area contributed by atoms with Crippen LogP contribution in [0.2, 0.25) is 0 Å². The van der Waals surface area contributed by atoms with E-state index in [1.807, 2.05) is 23.1 Å². The summed E-state index contributed by atoms with van der Waals surface area (Å²) in [6, 6.07) is 13.8. The third kappa shape index (κ3) is 3.93. The second-order valence-corrected chi connectivity index (χ2v) is 6.36. The van der Waals surface area contributed by atoms with Gasteiger partial charge in [-0.1, -0.05) is 12.1 Å². The summed E-state index contributed by atoms with van der Waals surface area (Å²) < 4.78 is 21.0. The summed E-state index contributed by atoms with van der Waals surface area (Å²) in [5.41, 5.74) is 1.38. The van der Waals surface area contributed by atoms with Gasteiger partial charge in [-0.25, -0.2) is 9.07 Å². The predicted molar refractivity (Wildman–Crippen MR) is 99.8 cm³/mol. The summed E-state index contributed by atoms with van der Waals surface area (Å²) in [7, 11) is 0. The van der Waals surface area contributed by atoms with Crippen molar-refractivity contribution in [3.8, 4) is 11.4 Å². The molecule has 1 amide bonds. The third-order valence-corrected chi connectivity index (χ3v) is 4.64. The maximum atomic E-state index is 13.9. The van der Waals surface area contributed by atoms with E-state index >= 15 is 0 Å². The van der Waals surface area contributed by atoms with Crippen molar-refractivity contribution in [2.45, 2.75) is 0 Å². The highest BCUT2D eigenvalue weighted by atomic mass is 19.1. The molecule has 0 aliphatic carbocycles. The van der Waals surface area contributed by atoms with Crippen molar-refractivity contribution in [3.05, 3.63) is 60.7 Å². The molecular formula is C19H19FN6O2. The van der Waals surface area contributed by atoms with E-state index in [4.69, 9.17) is 4.74 Å². The van der Waals surface area contributed by atoms with Gasteiger partial charge in [0.25, 0.3) is 5.91 Å². The number of hydrogen-bond donors (Lipinski definition) is 0. The molecule has 8 nitrogen and oxygen atoms in total. The second-order valence-electron chi connectivity index (χ2n) is 6.36. The molecule has 1 saturated heterocycles. The quantitative estimate of drug-likeness (QED) is 0.666. The fraction of sp³-hybridized carbons (Fsp3) is 0.263. The number of tetrazole rings is 1. The van der Waals surface area contributed by atoms with Crippen molar-refractivity contribution in [1.29, 1.82) is 0 Å². The van der Waals surface area contributed by atoms with Crippen LogP contribution >= 0.6 is 0 Å². The van der Waals surface area contributed by atoms with Gasteiger partial charge in [0, 0.05) is 26.2 Å². The molecule has 144 valence electrons. The van der Waals surface area contributed by atoms with Gasteiger partial charge >= 0.3 is 0 Å². The van der Waals surface area contributed by atoms with E-state index in [9.17, 15) is 9.18 Å². The van der Waals surface area contributed by atoms with Gasteiger partial charge in [0.15, 0.2) is 6.61 Å². The standard InChI is InChI=1S/C19H19FN6O2/c20-17-3-1-2-4-18(17)24-9-11-25(12-10-24)19(27)13-28-16-7-5-15(6-8-16)26-14-21-22-23-26/h1-8,14H,9-13H2. The molecule has 0 saturated carbocycles. The lowest BCUT2D eigenvalue weighted by Gasteiger charge is -2.36. The Hall–Kier alpha value is -3.49. The fourth-order valence-corrected chi connectivity index (χ4v) is 3.12. The number of rotatable bonds is 5. The Morgan fingerprint density at radius 3 is 2.46 bits per heavy atom. The number of aromatic nitrogens is 4. The summed E-state index contributed by atoms with van der Waals surface area (Å²) in [5.74, 6) is 0.267. The molecule has 0 spiro atoms. The van der Waals surface area contributed by atoms with Gasteiger partial charge in [-0.3, -0.25) is 4.79 Å². The Bertz CT molecular complexity index is 924. The highest BCUT2D eigenvalue weighted by Crippen LogP contribution is 2.20. The Morgan fingerprint density at radius 2 is 1.79 bits per heavy atom. The molecule has 0 N–H and O–H groups in total. The number of carbonyl (C=O) groups excluding carboxylic acids is 1. The summed E-state index contributed by atoms with van der Waals surface area (Å²) in [6.45, 7) is 2.22. The molecule has 1 aromatic heterocycles. The number of benzene rings is 2. The molecule has 0 radical (unpaired) electrons. The van der Waals surface area contributed by atoms with E-state index in [-0.39, 0.29) is 18.3 Å². The van der Waals surface area contributed by atoms with Crippen molar-refractivity contribution >= 4 is 11.6 Å². The first-order valence-corrected chi connectivity index (χ1v) is 8.94. The number of para-hydroxylation sites is 1. The molecule has 9 heteroatoms. The zero-order valence-electron chi connectivity index (χ0n) is 15.1. The van der Waals surface area contributed by atoms with E-state index in [0.29, 0.717) is 37.6 Å². The van der Waals surface area contributed by atoms with Gasteiger partial charge < -0.3 is 14.5 Å². The molecule has 1 fully saturated rings. The van der Waals surface area contributed by atoms with Crippen molar-refractivity contribution in [2.24, 2.45) is 0 Å². The van der Waals surface area contributed by atoms with Crippen molar-refractivity contribution in [3.63, 3.8) is 0 Å². The van der Waals surface area contributed by atoms with E-state index in [1.54, 1.807) is 29.2 Å². The lowest BCUT2D eigenvalue weighted by atomic mass is 10.2. The minimum Gasteiger partial charge on any atom is -0.484 e. The normalized spacial score (nSPS) is 14.2. The van der Waals surface area contributed by atoms with Gasteiger partial charge in [0.05, 0.1) is 11.4 Å². The average molecular weight is 382 g/mol. The number of piperazine rings is 1. The second kappa shape index (κ2) is 8.03. The number of hydrogen-bond acceptors (Lipinski definition) is 6. The highest BCUT2D eigenvalue weighted by molar-refractivity contribution is 5.78. The Morgan fingerprint density at radius 1 is 1.04 bits per heavy atom. The first kappa shape index (κ1) is 17.9. The van der Waals surface area contributed by atoms with Gasteiger partial charge in [-0.05, 0) is 46.8 Å². The van der Waals surface area contributed by atoms with Crippen molar-refractivity contribution in [1.82, 2.24) is 25.1 Å². The van der Waals surface area contributed by atoms with Crippen LogP contribution in [0.3, 0.4) is 0 Å². The van der Waals surface area contributed by atoms with Crippen LogP contribution in [-0.4, -0.2) is 63.8 Å². The molecule has 28 heavy (non-hydrogen) atoms. The molecule has 2 heterocycles. The van der Waals surface area contributed by atoms with Crippen LogP contribution in [0.15, 0.2) is 54.9 Å². The largest absolute Gasteiger partial charge is 0.484 e. The summed E-state index contributed by atoms with van der Waals surface area (Å²) in [6.07, 6.45) is 1.50. The van der Waals surface area contributed by atoms with Crippen LogP contribution in [0.25, 0.3) is 5.69 Å². The molecule has 0 unspecified atom stereocenters. The lowest BCUT2D eigenvalue weighted by molar-refractivity contribution is -0.133. The summed E-state index contributed by atoms with van der Waals surface area (Å²) in [4.78, 5) is 16.1. The fourth-order valence-electron chi connectivity index (χ4n) is 3.12. The monoisotopic (exact) mass is 382 g/mol. The molecule has 1 aliphatic heterocycles. The number of anilines is 1. The van der Waals surface area contributed by atoms with E-state index < -0.39 is 0 Å². The van der Waals surface area contributed by atoms with Crippen LogP contribution in [0.5, 0.6) is 5.75 Å². The smallest absolute Gasteiger partial charge is 0.260 e. The minimum absolute atomic E-state index is 0.0378. The third-order valence-electron chi connectivity index (χ3n) is 4.64. The van der Waals surface area contributed by atoms with Gasteiger partial charge in [0.2, 0.25) is 0 Å². The Labute approximate surface area is 161 Å². The minimum atomic E-state index is -0.240. The maximum Gasteiger partial charge on any atom is 0.260 e. The predicted octanol–water partition coefficient (Wildman–Crippen LogP) is 1.53. The van der Waals surface area contributed by atoms with E-state index in [1.165, 1.54) is 17.1 Å². The Balaban J connectivity index is 1.27. The first-order chi connectivity index (χ1) is 13.7. The van der Waals surface area contributed by atoms with Crippen LogP contribution in [-0.2, 0) is 4.79 Å². The van der Waals surface area contributed by atoms with Gasteiger partial charge in [-0.2, -0.15) is 0 Å². The van der Waals surface area contributed by atoms with Crippen LogP contribution < -0.4 is 9.64 Å². The molecule has 1 aliphatic rings. The van der Waals surface area contributed by atoms with Crippen LogP contribution in [0.1, 0.15) is 0 Å². The zero-order chi connectivity index (χ0) is 19.3. The van der Waals surface area contributed by atoms with Crippen LogP contribution in [0.4, 0.5) is 10.1 Å². The van der Waals surface area contributed by atoms with Gasteiger partial charge in [-0.15, -0.1) is 5.10 Å². The highest BCUT2D eigenvalue weighted by Gasteiger charge is 2.22. The molecule has 0 bridgehead atoms. The zero-order valence-corrected chi connectivity index (χ0v) is 15.1. The molecule has 3 aromatic rings. The topological polar surface area (TPSA) is 76.4 Å². The first-order valence-electron chi connectivity index (χ1n) is 8.94. The van der Waals surface area contributed by atoms with Gasteiger partial charge in [0.1, 0.15) is 17.9 Å². The molecule has 4 rings (SSSR count). The van der Waals surface area contributed by atoms with E-state index in [2.05, 4.69) is 15.5 Å². The van der Waals surface area contributed by atoms with Crippen molar-refractivity contribution in [2.75, 3.05) is 37.7 Å². The number of nitrogens with zero attached hydrogens (tertiary/aromatic N) is 6. The molecule has 0 atom stereocenters. The van der Waals surface area contributed by atoms with E-state index in [0.717, 1.165) is 5.69 Å². The van der Waals surface area contributed by atoms with Crippen molar-refractivity contribution < 1.29 is 13.9 Å². The number of halogens is 1. The number of carbonyl (C=O) groups is 1. The summed E-state index contributed by atoms with van der Waals surface area (Å²) in [5, 5.41) is 11.0. The number of ether oxygens (including phenoxy) is 1.